The first-order chi connectivity index (χ1) is 15.2. The van der Waals surface area contributed by atoms with Gasteiger partial charge < -0.3 is 9.88 Å². The number of carbonyl (C=O) groups is 1. The van der Waals surface area contributed by atoms with E-state index in [4.69, 9.17) is 11.6 Å². The van der Waals surface area contributed by atoms with Crippen LogP contribution in [0.3, 0.4) is 0 Å². The summed E-state index contributed by atoms with van der Waals surface area (Å²) in [5.74, 6) is -1.72. The van der Waals surface area contributed by atoms with E-state index >= 15 is 0 Å². The molecule has 32 heavy (non-hydrogen) atoms. The first-order valence-electron chi connectivity index (χ1n) is 10.00. The van der Waals surface area contributed by atoms with E-state index in [9.17, 15) is 17.6 Å². The van der Waals surface area contributed by atoms with Crippen LogP contribution in [0.1, 0.15) is 17.0 Å². The van der Waals surface area contributed by atoms with Crippen LogP contribution in [0.5, 0.6) is 0 Å². The van der Waals surface area contributed by atoms with Gasteiger partial charge in [0.25, 0.3) is 10.0 Å². The molecule has 1 fully saturated rings. The fourth-order valence-corrected chi connectivity index (χ4v) is 5.44. The van der Waals surface area contributed by atoms with Crippen LogP contribution in [0.25, 0.3) is 0 Å². The standard InChI is InChI=1S/C22H22ClFN4O3S/c1-27-13-21(26-14-27)32(30,31)28-11-19(16-4-8-18(24)9-5-16)20(12-28)22(29)25-10-15-2-6-17(23)7-3-15/h2-9,13-14,19-20H,10-12H2,1H3,(H,25,29)/t19-,20+/m1/s1. The maximum absolute atomic E-state index is 13.5. The SMILES string of the molecule is Cn1cnc(S(=O)(=O)N2C[C@H](C(=O)NCc3ccc(Cl)cc3)[C@@H](c3ccc(F)cc3)C2)c1. The number of nitrogens with zero attached hydrogens (tertiary/aromatic N) is 3. The third-order valence-corrected chi connectivity index (χ3v) is 7.56. The van der Waals surface area contributed by atoms with Crippen molar-refractivity contribution in [3.8, 4) is 0 Å². The zero-order valence-electron chi connectivity index (χ0n) is 17.3. The van der Waals surface area contributed by atoms with Gasteiger partial charge >= 0.3 is 0 Å². The Morgan fingerprint density at radius 3 is 2.47 bits per heavy atom. The van der Waals surface area contributed by atoms with Crippen LogP contribution in [0, 0.1) is 11.7 Å². The smallest absolute Gasteiger partial charge is 0.262 e. The van der Waals surface area contributed by atoms with Crippen molar-refractivity contribution in [3.05, 3.63) is 83.0 Å². The number of aromatic nitrogens is 2. The lowest BCUT2D eigenvalue weighted by molar-refractivity contribution is -0.125. The summed E-state index contributed by atoms with van der Waals surface area (Å²) in [5.41, 5.74) is 1.58. The first kappa shape index (κ1) is 22.4. The van der Waals surface area contributed by atoms with Gasteiger partial charge in [0, 0.05) is 43.8 Å². The van der Waals surface area contributed by atoms with Crippen molar-refractivity contribution in [1.29, 1.82) is 0 Å². The number of carbonyl (C=O) groups excluding carboxylic acids is 1. The number of rotatable bonds is 6. The third kappa shape index (κ3) is 4.69. The third-order valence-electron chi connectivity index (χ3n) is 5.59. The highest BCUT2D eigenvalue weighted by atomic mass is 35.5. The van der Waals surface area contributed by atoms with E-state index in [1.54, 1.807) is 35.9 Å². The molecule has 2 aromatic carbocycles. The quantitative estimate of drug-likeness (QED) is 0.593. The molecule has 168 valence electrons. The van der Waals surface area contributed by atoms with Crippen LogP contribution in [0.2, 0.25) is 5.02 Å². The summed E-state index contributed by atoms with van der Waals surface area (Å²) in [6.45, 7) is 0.395. The summed E-state index contributed by atoms with van der Waals surface area (Å²) in [5, 5.41) is 3.42. The summed E-state index contributed by atoms with van der Waals surface area (Å²) in [6, 6.07) is 12.9. The predicted octanol–water partition coefficient (Wildman–Crippen LogP) is 2.93. The van der Waals surface area contributed by atoms with E-state index in [1.807, 2.05) is 12.1 Å². The molecular formula is C22H22ClFN4O3S. The Morgan fingerprint density at radius 2 is 1.84 bits per heavy atom. The molecule has 3 aromatic rings. The van der Waals surface area contributed by atoms with Gasteiger partial charge in [-0.1, -0.05) is 35.9 Å². The summed E-state index contributed by atoms with van der Waals surface area (Å²) in [4.78, 5) is 17.1. The Labute approximate surface area is 190 Å². The van der Waals surface area contributed by atoms with Gasteiger partial charge in [-0.05, 0) is 35.4 Å². The monoisotopic (exact) mass is 476 g/mol. The van der Waals surface area contributed by atoms with Gasteiger partial charge in [-0.25, -0.2) is 17.8 Å². The number of sulfonamides is 1. The molecule has 4 rings (SSSR count). The van der Waals surface area contributed by atoms with Gasteiger partial charge in [-0.15, -0.1) is 0 Å². The second kappa shape index (κ2) is 9.01. The molecule has 1 aliphatic rings. The molecule has 0 radical (unpaired) electrons. The second-order valence-corrected chi connectivity index (χ2v) is 10.1. The average molecular weight is 477 g/mol. The van der Waals surface area contributed by atoms with E-state index in [1.165, 1.54) is 29.0 Å². The number of imidazole rings is 1. The van der Waals surface area contributed by atoms with Crippen LogP contribution in [-0.2, 0) is 28.4 Å². The van der Waals surface area contributed by atoms with E-state index in [-0.39, 0.29) is 30.6 Å². The second-order valence-electron chi connectivity index (χ2n) is 7.81. The van der Waals surface area contributed by atoms with Crippen molar-refractivity contribution in [1.82, 2.24) is 19.2 Å². The molecule has 1 aromatic heterocycles. The number of aryl methyl sites for hydroxylation is 1. The van der Waals surface area contributed by atoms with E-state index in [2.05, 4.69) is 10.3 Å². The molecule has 7 nitrogen and oxygen atoms in total. The maximum atomic E-state index is 13.5. The number of amides is 1. The average Bonchev–Trinajstić information content (AvgIpc) is 3.41. The number of nitrogens with one attached hydrogen (secondary N) is 1. The van der Waals surface area contributed by atoms with Crippen molar-refractivity contribution in [2.45, 2.75) is 17.5 Å². The minimum Gasteiger partial charge on any atom is -0.352 e. The Balaban J connectivity index is 1.57. The van der Waals surface area contributed by atoms with Crippen LogP contribution >= 0.6 is 11.6 Å². The van der Waals surface area contributed by atoms with E-state index in [0.717, 1.165) is 5.56 Å². The lowest BCUT2D eigenvalue weighted by atomic mass is 9.88. The van der Waals surface area contributed by atoms with Crippen LogP contribution in [0.15, 0.2) is 66.1 Å². The number of benzene rings is 2. The van der Waals surface area contributed by atoms with Crippen LogP contribution in [0.4, 0.5) is 4.39 Å². The molecule has 2 heterocycles. The Hall–Kier alpha value is -2.75. The molecule has 0 bridgehead atoms. The van der Waals surface area contributed by atoms with Gasteiger partial charge in [-0.2, -0.15) is 4.31 Å². The molecule has 1 saturated heterocycles. The normalized spacial score (nSPS) is 19.2. The van der Waals surface area contributed by atoms with Crippen molar-refractivity contribution in [2.75, 3.05) is 13.1 Å². The molecule has 10 heteroatoms. The van der Waals surface area contributed by atoms with Gasteiger partial charge in [0.05, 0.1) is 12.2 Å². The Kier molecular flexibility index (Phi) is 6.32. The van der Waals surface area contributed by atoms with Crippen molar-refractivity contribution in [2.24, 2.45) is 13.0 Å². The summed E-state index contributed by atoms with van der Waals surface area (Å²) in [6.07, 6.45) is 2.84. The van der Waals surface area contributed by atoms with E-state index in [0.29, 0.717) is 10.6 Å². The minimum absolute atomic E-state index is 0.00734. The number of hydrogen-bond acceptors (Lipinski definition) is 4. The lowest BCUT2D eigenvalue weighted by Gasteiger charge is -2.18. The number of hydrogen-bond donors (Lipinski definition) is 1. The minimum atomic E-state index is -3.87. The van der Waals surface area contributed by atoms with Crippen molar-refractivity contribution < 1.29 is 17.6 Å². The predicted molar refractivity (Wildman–Crippen MR) is 118 cm³/mol. The van der Waals surface area contributed by atoms with Gasteiger partial charge in [0.1, 0.15) is 5.82 Å². The van der Waals surface area contributed by atoms with Crippen molar-refractivity contribution in [3.63, 3.8) is 0 Å². The zero-order valence-corrected chi connectivity index (χ0v) is 18.9. The zero-order chi connectivity index (χ0) is 22.9. The molecule has 2 atom stereocenters. The summed E-state index contributed by atoms with van der Waals surface area (Å²) in [7, 11) is -2.19. The highest BCUT2D eigenvalue weighted by Crippen LogP contribution is 2.36. The Bertz CT molecular complexity index is 1210. The van der Waals surface area contributed by atoms with E-state index < -0.39 is 27.7 Å². The molecular weight excluding hydrogens is 455 g/mol. The lowest BCUT2D eigenvalue weighted by Crippen LogP contribution is -2.35. The molecule has 0 aliphatic carbocycles. The van der Waals surface area contributed by atoms with Gasteiger partial charge in [-0.3, -0.25) is 4.79 Å². The van der Waals surface area contributed by atoms with Crippen LogP contribution in [-0.4, -0.2) is 41.3 Å². The summed E-state index contributed by atoms with van der Waals surface area (Å²) < 4.78 is 42.5. The Morgan fingerprint density at radius 1 is 1.16 bits per heavy atom. The maximum Gasteiger partial charge on any atom is 0.262 e. The fourth-order valence-electron chi connectivity index (χ4n) is 3.85. The molecule has 0 saturated carbocycles. The molecule has 0 spiro atoms. The van der Waals surface area contributed by atoms with Gasteiger partial charge in [0.15, 0.2) is 5.03 Å². The molecule has 1 amide bonds. The largest absolute Gasteiger partial charge is 0.352 e. The highest BCUT2D eigenvalue weighted by Gasteiger charge is 2.44. The van der Waals surface area contributed by atoms with Gasteiger partial charge in [0.2, 0.25) is 5.91 Å². The first-order valence-corrected chi connectivity index (χ1v) is 11.8. The fraction of sp³-hybridized carbons (Fsp3) is 0.273. The number of halogens is 2. The van der Waals surface area contributed by atoms with Crippen molar-refractivity contribution >= 4 is 27.5 Å². The molecule has 1 aliphatic heterocycles. The highest BCUT2D eigenvalue weighted by molar-refractivity contribution is 7.89. The summed E-state index contributed by atoms with van der Waals surface area (Å²) >= 11 is 5.90. The van der Waals surface area contributed by atoms with Crippen LogP contribution < -0.4 is 5.32 Å². The topological polar surface area (TPSA) is 84.3 Å². The molecule has 1 N–H and O–H groups in total. The molecule has 0 unspecified atom stereocenters.